The minimum Gasteiger partial charge on any atom is -0.373 e. The van der Waals surface area contributed by atoms with Crippen molar-refractivity contribution in [1.82, 2.24) is 0 Å². The van der Waals surface area contributed by atoms with E-state index in [-0.39, 0.29) is 6.10 Å². The predicted molar refractivity (Wildman–Crippen MR) is 59.1 cm³/mol. The SMILES string of the molecule is ClC[C@H]1CN(c2ccccc2)CCO1. The van der Waals surface area contributed by atoms with Crippen molar-refractivity contribution in [3.63, 3.8) is 0 Å². The van der Waals surface area contributed by atoms with Crippen LogP contribution in [0.3, 0.4) is 0 Å². The molecule has 0 bridgehead atoms. The predicted octanol–water partition coefficient (Wildman–Crippen LogP) is 2.13. The van der Waals surface area contributed by atoms with E-state index >= 15 is 0 Å². The van der Waals surface area contributed by atoms with Gasteiger partial charge in [0, 0.05) is 18.8 Å². The lowest BCUT2D eigenvalue weighted by Crippen LogP contribution is -2.43. The van der Waals surface area contributed by atoms with Crippen LogP contribution in [0.2, 0.25) is 0 Å². The molecule has 1 heterocycles. The van der Waals surface area contributed by atoms with Gasteiger partial charge in [-0.05, 0) is 12.1 Å². The Morgan fingerprint density at radius 2 is 2.14 bits per heavy atom. The molecule has 0 aliphatic carbocycles. The van der Waals surface area contributed by atoms with Gasteiger partial charge in [0.1, 0.15) is 0 Å². The molecular weight excluding hydrogens is 198 g/mol. The van der Waals surface area contributed by atoms with E-state index in [2.05, 4.69) is 29.2 Å². The van der Waals surface area contributed by atoms with Gasteiger partial charge in [-0.15, -0.1) is 11.6 Å². The number of benzene rings is 1. The molecule has 0 spiro atoms. The fraction of sp³-hybridized carbons (Fsp3) is 0.455. The van der Waals surface area contributed by atoms with E-state index in [9.17, 15) is 0 Å². The third-order valence-electron chi connectivity index (χ3n) is 2.43. The number of ether oxygens (including phenoxy) is 1. The summed E-state index contributed by atoms with van der Waals surface area (Å²) >= 11 is 5.78. The first-order valence-corrected chi connectivity index (χ1v) is 5.41. The van der Waals surface area contributed by atoms with Crippen molar-refractivity contribution >= 4 is 17.3 Å². The number of nitrogens with zero attached hydrogens (tertiary/aromatic N) is 1. The Morgan fingerprint density at radius 1 is 1.36 bits per heavy atom. The first-order chi connectivity index (χ1) is 6.90. The number of alkyl halides is 1. The minimum atomic E-state index is 0.172. The highest BCUT2D eigenvalue weighted by molar-refractivity contribution is 6.18. The second-order valence-electron chi connectivity index (χ2n) is 3.43. The molecule has 1 saturated heterocycles. The summed E-state index contributed by atoms with van der Waals surface area (Å²) in [6.07, 6.45) is 0.172. The van der Waals surface area contributed by atoms with Crippen LogP contribution in [-0.4, -0.2) is 31.7 Å². The number of rotatable bonds is 2. The molecule has 1 aliphatic heterocycles. The van der Waals surface area contributed by atoms with Gasteiger partial charge < -0.3 is 9.64 Å². The average molecular weight is 212 g/mol. The standard InChI is InChI=1S/C11H14ClNO/c12-8-11-9-13(6-7-14-11)10-4-2-1-3-5-10/h1-5,11H,6-9H2/t11-/m0/s1. The van der Waals surface area contributed by atoms with Crippen molar-refractivity contribution in [2.45, 2.75) is 6.10 Å². The number of anilines is 1. The maximum absolute atomic E-state index is 5.78. The number of hydrogen-bond acceptors (Lipinski definition) is 2. The van der Waals surface area contributed by atoms with Crippen molar-refractivity contribution in [1.29, 1.82) is 0 Å². The largest absolute Gasteiger partial charge is 0.373 e. The zero-order valence-electron chi connectivity index (χ0n) is 8.03. The zero-order valence-corrected chi connectivity index (χ0v) is 8.78. The van der Waals surface area contributed by atoms with Crippen LogP contribution in [0.1, 0.15) is 0 Å². The van der Waals surface area contributed by atoms with Gasteiger partial charge in [0.2, 0.25) is 0 Å². The van der Waals surface area contributed by atoms with Gasteiger partial charge in [-0.25, -0.2) is 0 Å². The smallest absolute Gasteiger partial charge is 0.0885 e. The van der Waals surface area contributed by atoms with Crippen LogP contribution in [0, 0.1) is 0 Å². The molecule has 1 aliphatic rings. The monoisotopic (exact) mass is 211 g/mol. The average Bonchev–Trinajstić information content (AvgIpc) is 2.30. The Labute approximate surface area is 89.4 Å². The van der Waals surface area contributed by atoms with Crippen LogP contribution < -0.4 is 4.90 Å². The molecule has 0 radical (unpaired) electrons. The third kappa shape index (κ3) is 2.20. The van der Waals surface area contributed by atoms with Crippen LogP contribution in [0.25, 0.3) is 0 Å². The number of para-hydroxylation sites is 1. The fourth-order valence-corrected chi connectivity index (χ4v) is 1.87. The molecule has 14 heavy (non-hydrogen) atoms. The van der Waals surface area contributed by atoms with Gasteiger partial charge in [-0.1, -0.05) is 18.2 Å². The summed E-state index contributed by atoms with van der Waals surface area (Å²) in [4.78, 5) is 2.32. The molecule has 76 valence electrons. The topological polar surface area (TPSA) is 12.5 Å². The lowest BCUT2D eigenvalue weighted by atomic mass is 10.2. The van der Waals surface area contributed by atoms with Crippen molar-refractivity contribution in [3.8, 4) is 0 Å². The highest BCUT2D eigenvalue weighted by atomic mass is 35.5. The van der Waals surface area contributed by atoms with Crippen molar-refractivity contribution in [3.05, 3.63) is 30.3 Å². The van der Waals surface area contributed by atoms with Crippen LogP contribution >= 0.6 is 11.6 Å². The van der Waals surface area contributed by atoms with Crippen molar-refractivity contribution in [2.75, 3.05) is 30.5 Å². The van der Waals surface area contributed by atoms with Gasteiger partial charge in [0.15, 0.2) is 0 Å². The molecule has 2 nitrogen and oxygen atoms in total. The first-order valence-electron chi connectivity index (χ1n) is 4.87. The normalized spacial score (nSPS) is 22.4. The Morgan fingerprint density at radius 3 is 2.86 bits per heavy atom. The molecule has 0 N–H and O–H groups in total. The molecule has 1 atom stereocenters. The van der Waals surface area contributed by atoms with Gasteiger partial charge in [0.05, 0.1) is 18.6 Å². The molecule has 1 aromatic rings. The summed E-state index contributed by atoms with van der Waals surface area (Å²) in [5.74, 6) is 0.573. The highest BCUT2D eigenvalue weighted by Crippen LogP contribution is 2.17. The zero-order chi connectivity index (χ0) is 9.80. The fourth-order valence-electron chi connectivity index (χ4n) is 1.69. The van der Waals surface area contributed by atoms with Gasteiger partial charge in [0.25, 0.3) is 0 Å². The Hall–Kier alpha value is -0.730. The van der Waals surface area contributed by atoms with Gasteiger partial charge in [-0.2, -0.15) is 0 Å². The molecule has 0 saturated carbocycles. The first kappa shape index (κ1) is 9.81. The van der Waals surface area contributed by atoms with Crippen molar-refractivity contribution in [2.24, 2.45) is 0 Å². The third-order valence-corrected chi connectivity index (χ3v) is 2.78. The van der Waals surface area contributed by atoms with E-state index < -0.39 is 0 Å². The van der Waals surface area contributed by atoms with Crippen LogP contribution in [0.15, 0.2) is 30.3 Å². The number of morpholine rings is 1. The molecule has 0 unspecified atom stereocenters. The molecule has 1 aromatic carbocycles. The lowest BCUT2D eigenvalue weighted by Gasteiger charge is -2.33. The highest BCUT2D eigenvalue weighted by Gasteiger charge is 2.19. The molecule has 3 heteroatoms. The summed E-state index contributed by atoms with van der Waals surface area (Å²) < 4.78 is 5.51. The summed E-state index contributed by atoms with van der Waals surface area (Å²) in [5, 5.41) is 0. The molecule has 0 amide bonds. The maximum Gasteiger partial charge on any atom is 0.0885 e. The van der Waals surface area contributed by atoms with E-state index in [0.717, 1.165) is 19.7 Å². The number of halogens is 1. The van der Waals surface area contributed by atoms with Gasteiger partial charge in [-0.3, -0.25) is 0 Å². The maximum atomic E-state index is 5.78. The second-order valence-corrected chi connectivity index (χ2v) is 3.74. The Kier molecular flexibility index (Phi) is 3.27. The summed E-state index contributed by atoms with van der Waals surface area (Å²) in [6.45, 7) is 2.62. The number of hydrogen-bond donors (Lipinski definition) is 0. The Bertz CT molecular complexity index is 278. The quantitative estimate of drug-likeness (QED) is 0.695. The Balaban J connectivity index is 2.04. The molecule has 2 rings (SSSR count). The summed E-state index contributed by atoms with van der Waals surface area (Å²) in [7, 11) is 0. The van der Waals surface area contributed by atoms with Gasteiger partial charge >= 0.3 is 0 Å². The summed E-state index contributed by atoms with van der Waals surface area (Å²) in [5.41, 5.74) is 1.26. The second kappa shape index (κ2) is 4.67. The summed E-state index contributed by atoms with van der Waals surface area (Å²) in [6, 6.07) is 10.4. The van der Waals surface area contributed by atoms with Crippen LogP contribution in [0.5, 0.6) is 0 Å². The molecule has 1 fully saturated rings. The van der Waals surface area contributed by atoms with Crippen LogP contribution in [-0.2, 0) is 4.74 Å². The minimum absolute atomic E-state index is 0.172. The van der Waals surface area contributed by atoms with E-state index in [1.807, 2.05) is 6.07 Å². The van der Waals surface area contributed by atoms with Crippen LogP contribution in [0.4, 0.5) is 5.69 Å². The lowest BCUT2D eigenvalue weighted by molar-refractivity contribution is 0.0554. The van der Waals surface area contributed by atoms with E-state index in [0.29, 0.717) is 5.88 Å². The van der Waals surface area contributed by atoms with E-state index in [1.165, 1.54) is 5.69 Å². The van der Waals surface area contributed by atoms with E-state index in [4.69, 9.17) is 16.3 Å². The van der Waals surface area contributed by atoms with E-state index in [1.54, 1.807) is 0 Å². The molecular formula is C11H14ClNO. The molecule has 0 aromatic heterocycles. The van der Waals surface area contributed by atoms with Crippen molar-refractivity contribution < 1.29 is 4.74 Å².